The van der Waals surface area contributed by atoms with E-state index in [1.54, 1.807) is 0 Å². The fourth-order valence-corrected chi connectivity index (χ4v) is 3.09. The van der Waals surface area contributed by atoms with Gasteiger partial charge < -0.3 is 4.74 Å². The molecule has 0 spiro atoms. The quantitative estimate of drug-likeness (QED) is 0.641. The first-order valence-corrected chi connectivity index (χ1v) is 6.65. The highest BCUT2D eigenvalue weighted by molar-refractivity contribution is 7.91. The molecule has 1 heterocycles. The predicted molar refractivity (Wildman–Crippen MR) is 52.5 cm³/mol. The van der Waals surface area contributed by atoms with Gasteiger partial charge in [-0.1, -0.05) is 0 Å². The number of hydrogen-bond acceptors (Lipinski definition) is 4. The normalized spacial score (nSPS) is 22.1. The van der Waals surface area contributed by atoms with Gasteiger partial charge >= 0.3 is 0 Å². The number of unbranched alkanes of at least 4 members (excludes halogenated alkanes) is 1. The minimum absolute atomic E-state index is 0.109. The largest absolute Gasteiger partial charge is 0.377 e. The fourth-order valence-electron chi connectivity index (χ4n) is 1.51. The van der Waals surface area contributed by atoms with Crippen LogP contribution in [0, 0.1) is 11.3 Å². The molecule has 1 unspecified atom stereocenters. The summed E-state index contributed by atoms with van der Waals surface area (Å²) in [5.74, 6) is 0.235. The lowest BCUT2D eigenvalue weighted by Gasteiger charge is -2.08. The van der Waals surface area contributed by atoms with Crippen LogP contribution in [0.1, 0.15) is 25.7 Å². The summed E-state index contributed by atoms with van der Waals surface area (Å²) in [5.41, 5.74) is 0. The van der Waals surface area contributed by atoms with Gasteiger partial charge in [-0.3, -0.25) is 0 Å². The number of rotatable bonds is 5. The average molecular weight is 217 g/mol. The van der Waals surface area contributed by atoms with Gasteiger partial charge in [0.05, 0.1) is 23.7 Å². The summed E-state index contributed by atoms with van der Waals surface area (Å²) in [7, 11) is -3.01. The third-order valence-corrected chi connectivity index (χ3v) is 4.00. The Kier molecular flexibility index (Phi) is 4.36. The van der Waals surface area contributed by atoms with Crippen molar-refractivity contribution in [2.24, 2.45) is 0 Å². The van der Waals surface area contributed by atoms with Gasteiger partial charge in [-0.25, -0.2) is 8.42 Å². The van der Waals surface area contributed by atoms with Gasteiger partial charge in [-0.2, -0.15) is 5.26 Å². The molecule has 0 radical (unpaired) electrons. The van der Waals surface area contributed by atoms with Gasteiger partial charge in [-0.05, 0) is 19.3 Å². The number of nitrogens with zero attached hydrogens (tertiary/aromatic N) is 1. The van der Waals surface area contributed by atoms with Crippen molar-refractivity contribution in [2.45, 2.75) is 31.8 Å². The molecular formula is C9H15NO3S. The summed E-state index contributed by atoms with van der Waals surface area (Å²) >= 11 is 0. The van der Waals surface area contributed by atoms with Crippen LogP contribution in [0.15, 0.2) is 0 Å². The zero-order valence-electron chi connectivity index (χ0n) is 8.11. The van der Waals surface area contributed by atoms with E-state index in [1.165, 1.54) is 0 Å². The Bertz CT molecular complexity index is 299. The fraction of sp³-hybridized carbons (Fsp3) is 0.889. The van der Waals surface area contributed by atoms with Crippen molar-refractivity contribution in [1.29, 1.82) is 5.26 Å². The van der Waals surface area contributed by atoms with E-state index in [0.717, 1.165) is 12.8 Å². The molecule has 0 aromatic heterocycles. The Morgan fingerprint density at radius 2 is 2.29 bits per heavy atom. The molecule has 1 atom stereocenters. The van der Waals surface area contributed by atoms with E-state index in [1.807, 2.05) is 6.07 Å². The molecule has 1 aliphatic heterocycles. The number of nitriles is 1. The molecule has 1 aliphatic rings. The Morgan fingerprint density at radius 1 is 1.50 bits per heavy atom. The lowest BCUT2D eigenvalue weighted by atomic mass is 10.3. The van der Waals surface area contributed by atoms with Crippen molar-refractivity contribution >= 4 is 9.84 Å². The molecule has 0 amide bonds. The molecule has 1 fully saturated rings. The molecule has 0 N–H and O–H groups in total. The zero-order chi connectivity index (χ0) is 10.4. The lowest BCUT2D eigenvalue weighted by Crippen LogP contribution is -2.22. The average Bonchev–Trinajstić information content (AvgIpc) is 2.56. The van der Waals surface area contributed by atoms with Crippen molar-refractivity contribution in [3.8, 4) is 6.07 Å². The molecule has 5 heteroatoms. The molecule has 4 nitrogen and oxygen atoms in total. The Labute approximate surface area is 84.8 Å². The molecule has 80 valence electrons. The van der Waals surface area contributed by atoms with E-state index in [2.05, 4.69) is 0 Å². The highest BCUT2D eigenvalue weighted by Gasteiger charge is 2.22. The second-order valence-electron chi connectivity index (χ2n) is 3.51. The highest BCUT2D eigenvalue weighted by atomic mass is 32.2. The standard InChI is InChI=1S/C9H15NO3S/c10-5-1-2-7-14(11,12)8-9-4-3-6-13-9/h9H,1-4,6-8H2. The highest BCUT2D eigenvalue weighted by Crippen LogP contribution is 2.14. The molecule has 1 rings (SSSR count). The SMILES string of the molecule is N#CCCCS(=O)(=O)CC1CCCO1. The molecule has 0 saturated carbocycles. The van der Waals surface area contributed by atoms with Crippen LogP contribution in [-0.2, 0) is 14.6 Å². The first-order chi connectivity index (χ1) is 6.64. The van der Waals surface area contributed by atoms with Gasteiger partial charge in [0.15, 0.2) is 9.84 Å². The summed E-state index contributed by atoms with van der Waals surface area (Å²) in [5, 5.41) is 8.28. The molecule has 0 aromatic rings. The van der Waals surface area contributed by atoms with E-state index in [4.69, 9.17) is 10.00 Å². The Balaban J connectivity index is 2.30. The van der Waals surface area contributed by atoms with Crippen LogP contribution in [0.2, 0.25) is 0 Å². The Morgan fingerprint density at radius 3 is 2.86 bits per heavy atom. The first kappa shape index (κ1) is 11.5. The predicted octanol–water partition coefficient (Wildman–Crippen LogP) is 0.884. The van der Waals surface area contributed by atoms with Gasteiger partial charge in [0, 0.05) is 13.0 Å². The van der Waals surface area contributed by atoms with Crippen LogP contribution in [0.3, 0.4) is 0 Å². The monoisotopic (exact) mass is 217 g/mol. The van der Waals surface area contributed by atoms with E-state index >= 15 is 0 Å². The summed E-state index contributed by atoms with van der Waals surface area (Å²) < 4.78 is 28.2. The van der Waals surface area contributed by atoms with E-state index in [-0.39, 0.29) is 17.6 Å². The van der Waals surface area contributed by atoms with Crippen molar-refractivity contribution in [1.82, 2.24) is 0 Å². The number of ether oxygens (including phenoxy) is 1. The summed E-state index contributed by atoms with van der Waals surface area (Å²) in [6, 6.07) is 1.94. The molecule has 14 heavy (non-hydrogen) atoms. The molecule has 0 aromatic carbocycles. The molecule has 0 bridgehead atoms. The van der Waals surface area contributed by atoms with Crippen molar-refractivity contribution in [2.75, 3.05) is 18.1 Å². The smallest absolute Gasteiger partial charge is 0.152 e. The van der Waals surface area contributed by atoms with E-state index < -0.39 is 9.84 Å². The van der Waals surface area contributed by atoms with Crippen molar-refractivity contribution < 1.29 is 13.2 Å². The van der Waals surface area contributed by atoms with Gasteiger partial charge in [-0.15, -0.1) is 0 Å². The topological polar surface area (TPSA) is 67.2 Å². The maximum Gasteiger partial charge on any atom is 0.152 e. The minimum Gasteiger partial charge on any atom is -0.377 e. The van der Waals surface area contributed by atoms with E-state index in [0.29, 0.717) is 19.4 Å². The van der Waals surface area contributed by atoms with Crippen LogP contribution in [-0.4, -0.2) is 32.6 Å². The van der Waals surface area contributed by atoms with Crippen LogP contribution >= 0.6 is 0 Å². The van der Waals surface area contributed by atoms with Crippen LogP contribution in [0.5, 0.6) is 0 Å². The zero-order valence-corrected chi connectivity index (χ0v) is 8.92. The minimum atomic E-state index is -3.01. The summed E-state index contributed by atoms with van der Waals surface area (Å²) in [4.78, 5) is 0. The third kappa shape index (κ3) is 4.07. The summed E-state index contributed by atoms with van der Waals surface area (Å²) in [6.07, 6.45) is 2.44. The van der Waals surface area contributed by atoms with Gasteiger partial charge in [0.25, 0.3) is 0 Å². The Hall–Kier alpha value is -0.600. The van der Waals surface area contributed by atoms with E-state index in [9.17, 15) is 8.42 Å². The molecule has 0 aliphatic carbocycles. The van der Waals surface area contributed by atoms with Crippen LogP contribution in [0.4, 0.5) is 0 Å². The van der Waals surface area contributed by atoms with Gasteiger partial charge in [0.1, 0.15) is 0 Å². The maximum absolute atomic E-state index is 11.5. The number of sulfone groups is 1. The molecular weight excluding hydrogens is 202 g/mol. The van der Waals surface area contributed by atoms with Crippen molar-refractivity contribution in [3.05, 3.63) is 0 Å². The third-order valence-electron chi connectivity index (χ3n) is 2.21. The summed E-state index contributed by atoms with van der Waals surface area (Å²) in [6.45, 7) is 0.679. The number of hydrogen-bond donors (Lipinski definition) is 0. The second kappa shape index (κ2) is 5.32. The maximum atomic E-state index is 11.5. The van der Waals surface area contributed by atoms with Crippen molar-refractivity contribution in [3.63, 3.8) is 0 Å². The lowest BCUT2D eigenvalue weighted by molar-refractivity contribution is 0.127. The molecule has 1 saturated heterocycles. The second-order valence-corrected chi connectivity index (χ2v) is 5.74. The van der Waals surface area contributed by atoms with Crippen LogP contribution in [0.25, 0.3) is 0 Å². The van der Waals surface area contributed by atoms with Crippen LogP contribution < -0.4 is 0 Å². The van der Waals surface area contributed by atoms with Gasteiger partial charge in [0.2, 0.25) is 0 Å². The first-order valence-electron chi connectivity index (χ1n) is 4.83.